The molecule has 1 amide bonds. The van der Waals surface area contributed by atoms with Gasteiger partial charge >= 0.3 is 0 Å². The van der Waals surface area contributed by atoms with Crippen molar-refractivity contribution in [3.8, 4) is 0 Å². The Labute approximate surface area is 148 Å². The molecule has 0 aliphatic rings. The number of nitrogens with zero attached hydrogens (tertiary/aromatic N) is 2. The fourth-order valence-corrected chi connectivity index (χ4v) is 2.33. The van der Waals surface area contributed by atoms with Crippen molar-refractivity contribution in [2.75, 3.05) is 10.6 Å². The smallest absolute Gasteiger partial charge is 0.276 e. The van der Waals surface area contributed by atoms with Gasteiger partial charge in [0.15, 0.2) is 5.69 Å². The average Bonchev–Trinajstić information content (AvgIpc) is 2.61. The van der Waals surface area contributed by atoms with Gasteiger partial charge in [0, 0.05) is 22.8 Å². The molecule has 126 valence electrons. The molecule has 0 fully saturated rings. The van der Waals surface area contributed by atoms with E-state index in [1.807, 2.05) is 0 Å². The summed E-state index contributed by atoms with van der Waals surface area (Å²) in [4.78, 5) is 12.1. The highest BCUT2D eigenvalue weighted by molar-refractivity contribution is 6.30. The van der Waals surface area contributed by atoms with E-state index in [1.165, 1.54) is 12.1 Å². The summed E-state index contributed by atoms with van der Waals surface area (Å²) in [5.74, 6) is -0.238. The van der Waals surface area contributed by atoms with Gasteiger partial charge in [-0.05, 0) is 36.4 Å². The van der Waals surface area contributed by atoms with Gasteiger partial charge in [-0.1, -0.05) is 35.9 Å². The molecule has 0 atom stereocenters. The van der Waals surface area contributed by atoms with Gasteiger partial charge in [-0.25, -0.2) is 4.39 Å². The molecule has 2 aromatic carbocycles. The maximum atomic E-state index is 13.6. The lowest BCUT2D eigenvalue weighted by Crippen LogP contribution is -2.15. The molecule has 0 aliphatic carbocycles. The Balaban J connectivity index is 1.61. The van der Waals surface area contributed by atoms with Crippen LogP contribution in [-0.4, -0.2) is 16.1 Å². The van der Waals surface area contributed by atoms with Crippen LogP contribution in [0.5, 0.6) is 0 Å². The van der Waals surface area contributed by atoms with E-state index in [0.29, 0.717) is 22.1 Å². The number of amides is 1. The molecule has 3 aromatic rings. The second-order valence-corrected chi connectivity index (χ2v) is 5.65. The van der Waals surface area contributed by atoms with Gasteiger partial charge in [-0.2, -0.15) is 0 Å². The average molecular weight is 357 g/mol. The first-order valence-electron chi connectivity index (χ1n) is 7.50. The monoisotopic (exact) mass is 356 g/mol. The Morgan fingerprint density at radius 1 is 1.04 bits per heavy atom. The van der Waals surface area contributed by atoms with Gasteiger partial charge in [0.2, 0.25) is 0 Å². The third-order valence-electron chi connectivity index (χ3n) is 3.40. The zero-order chi connectivity index (χ0) is 17.6. The van der Waals surface area contributed by atoms with Crippen molar-refractivity contribution >= 4 is 29.0 Å². The Morgan fingerprint density at radius 2 is 1.88 bits per heavy atom. The molecule has 0 saturated heterocycles. The van der Waals surface area contributed by atoms with E-state index in [2.05, 4.69) is 20.8 Å². The Hall–Kier alpha value is -2.99. The molecule has 7 heteroatoms. The molecule has 1 heterocycles. The lowest BCUT2D eigenvalue weighted by molar-refractivity contribution is 0.102. The van der Waals surface area contributed by atoms with Crippen LogP contribution in [0.2, 0.25) is 5.02 Å². The number of hydrogen-bond acceptors (Lipinski definition) is 4. The number of halogens is 2. The summed E-state index contributed by atoms with van der Waals surface area (Å²) in [6, 6.07) is 16.4. The van der Waals surface area contributed by atoms with Crippen molar-refractivity contribution in [3.05, 3.63) is 82.8 Å². The van der Waals surface area contributed by atoms with Gasteiger partial charge in [0.05, 0.1) is 0 Å². The van der Waals surface area contributed by atoms with Crippen LogP contribution >= 0.6 is 11.6 Å². The molecule has 0 radical (unpaired) electrons. The molecule has 5 nitrogen and oxygen atoms in total. The number of hydrogen-bond donors (Lipinski definition) is 2. The number of nitrogens with one attached hydrogen (secondary N) is 2. The van der Waals surface area contributed by atoms with Crippen molar-refractivity contribution in [1.29, 1.82) is 0 Å². The van der Waals surface area contributed by atoms with Crippen molar-refractivity contribution < 1.29 is 9.18 Å². The predicted molar refractivity (Wildman–Crippen MR) is 95.2 cm³/mol. The summed E-state index contributed by atoms with van der Waals surface area (Å²) in [7, 11) is 0. The van der Waals surface area contributed by atoms with Crippen molar-refractivity contribution in [1.82, 2.24) is 10.2 Å². The fourth-order valence-electron chi connectivity index (χ4n) is 2.14. The van der Waals surface area contributed by atoms with E-state index in [4.69, 9.17) is 11.6 Å². The largest absolute Gasteiger partial charge is 0.364 e. The fraction of sp³-hybridized carbons (Fsp3) is 0.0556. The number of aromatic nitrogens is 2. The predicted octanol–water partition coefficient (Wildman–Crippen LogP) is 4.13. The lowest BCUT2D eigenvalue weighted by Gasteiger charge is -2.07. The Morgan fingerprint density at radius 3 is 2.60 bits per heavy atom. The van der Waals surface area contributed by atoms with E-state index in [0.717, 1.165) is 0 Å². The quantitative estimate of drug-likeness (QED) is 0.721. The van der Waals surface area contributed by atoms with Crippen molar-refractivity contribution in [3.63, 3.8) is 0 Å². The van der Waals surface area contributed by atoms with Gasteiger partial charge < -0.3 is 10.6 Å². The van der Waals surface area contributed by atoms with Crippen LogP contribution in [0.3, 0.4) is 0 Å². The summed E-state index contributed by atoms with van der Waals surface area (Å²) < 4.78 is 13.6. The minimum atomic E-state index is -0.393. The highest BCUT2D eigenvalue weighted by Gasteiger charge is 2.09. The minimum absolute atomic E-state index is 0.163. The standard InChI is InChI=1S/C18H14ClFN4O/c19-13-5-3-6-14(10-13)22-18(25)16-8-9-17(24-23-16)21-11-12-4-1-2-7-15(12)20/h1-10H,11H2,(H,21,24)(H,22,25). The SMILES string of the molecule is O=C(Nc1cccc(Cl)c1)c1ccc(NCc2ccccc2F)nn1. The second-order valence-electron chi connectivity index (χ2n) is 5.21. The molecule has 0 spiro atoms. The summed E-state index contributed by atoms with van der Waals surface area (Å²) >= 11 is 5.88. The summed E-state index contributed by atoms with van der Waals surface area (Å²) in [5.41, 5.74) is 1.25. The summed E-state index contributed by atoms with van der Waals surface area (Å²) in [5, 5.41) is 14.0. The van der Waals surface area contributed by atoms with E-state index >= 15 is 0 Å². The maximum absolute atomic E-state index is 13.6. The van der Waals surface area contributed by atoms with Gasteiger partial charge in [0.25, 0.3) is 5.91 Å². The highest BCUT2D eigenvalue weighted by atomic mass is 35.5. The van der Waals surface area contributed by atoms with Crippen LogP contribution in [0.25, 0.3) is 0 Å². The van der Waals surface area contributed by atoms with Crippen molar-refractivity contribution in [2.45, 2.75) is 6.54 Å². The second kappa shape index (κ2) is 7.72. The normalized spacial score (nSPS) is 10.3. The number of benzene rings is 2. The van der Waals surface area contributed by atoms with Crippen LogP contribution in [0.4, 0.5) is 15.9 Å². The number of rotatable bonds is 5. The maximum Gasteiger partial charge on any atom is 0.276 e. The molecular weight excluding hydrogens is 343 g/mol. The Kier molecular flexibility index (Phi) is 5.20. The van der Waals surface area contributed by atoms with E-state index < -0.39 is 5.91 Å². The van der Waals surface area contributed by atoms with E-state index in [1.54, 1.807) is 48.5 Å². The van der Waals surface area contributed by atoms with Gasteiger partial charge in [0.1, 0.15) is 11.6 Å². The van der Waals surface area contributed by atoms with Gasteiger partial charge in [-0.3, -0.25) is 4.79 Å². The number of anilines is 2. The zero-order valence-corrected chi connectivity index (χ0v) is 13.8. The van der Waals surface area contributed by atoms with Crippen molar-refractivity contribution in [2.24, 2.45) is 0 Å². The summed E-state index contributed by atoms with van der Waals surface area (Å²) in [6.45, 7) is 0.273. The number of carbonyl (C=O) groups excluding carboxylic acids is 1. The Bertz CT molecular complexity index is 886. The molecule has 0 aliphatic heterocycles. The van der Waals surface area contributed by atoms with Crippen LogP contribution < -0.4 is 10.6 Å². The molecular formula is C18H14ClFN4O. The van der Waals surface area contributed by atoms with Gasteiger partial charge in [-0.15, -0.1) is 10.2 Å². The third kappa shape index (κ3) is 4.51. The van der Waals surface area contributed by atoms with Crippen LogP contribution in [0.1, 0.15) is 16.1 Å². The molecule has 0 saturated carbocycles. The van der Waals surface area contributed by atoms with E-state index in [9.17, 15) is 9.18 Å². The third-order valence-corrected chi connectivity index (χ3v) is 3.63. The first-order valence-corrected chi connectivity index (χ1v) is 7.87. The number of carbonyl (C=O) groups is 1. The molecule has 3 rings (SSSR count). The molecule has 0 unspecified atom stereocenters. The summed E-state index contributed by atoms with van der Waals surface area (Å²) in [6.07, 6.45) is 0. The lowest BCUT2D eigenvalue weighted by atomic mass is 10.2. The molecule has 1 aromatic heterocycles. The first-order chi connectivity index (χ1) is 12.1. The molecule has 25 heavy (non-hydrogen) atoms. The molecule has 0 bridgehead atoms. The zero-order valence-electron chi connectivity index (χ0n) is 13.0. The molecule has 2 N–H and O–H groups in total. The van der Waals surface area contributed by atoms with Crippen LogP contribution in [0, 0.1) is 5.82 Å². The van der Waals surface area contributed by atoms with Crippen LogP contribution in [-0.2, 0) is 6.54 Å². The topological polar surface area (TPSA) is 66.9 Å². The highest BCUT2D eigenvalue weighted by Crippen LogP contribution is 2.16. The minimum Gasteiger partial charge on any atom is -0.364 e. The van der Waals surface area contributed by atoms with E-state index in [-0.39, 0.29) is 18.1 Å². The first kappa shape index (κ1) is 16.9. The van der Waals surface area contributed by atoms with Crippen LogP contribution in [0.15, 0.2) is 60.7 Å².